The molecule has 0 saturated carbocycles. The highest BCUT2D eigenvalue weighted by Gasteiger charge is 2.34. The van der Waals surface area contributed by atoms with E-state index in [1.807, 2.05) is 59.3 Å². The van der Waals surface area contributed by atoms with Gasteiger partial charge in [-0.05, 0) is 88.1 Å². The summed E-state index contributed by atoms with van der Waals surface area (Å²) in [5, 5.41) is 107. The van der Waals surface area contributed by atoms with E-state index in [4.69, 9.17) is 18.9 Å². The molecule has 4 aromatic heterocycles. The summed E-state index contributed by atoms with van der Waals surface area (Å²) in [7, 11) is 5.98. The van der Waals surface area contributed by atoms with Gasteiger partial charge in [-0.3, -0.25) is 4.79 Å². The third-order valence-corrected chi connectivity index (χ3v) is 19.2. The first-order valence-electron chi connectivity index (χ1n) is 34.6. The molecule has 550 valence electrons. The first-order valence-corrected chi connectivity index (χ1v) is 34.6. The molecule has 0 spiro atoms. The van der Waals surface area contributed by atoms with Crippen molar-refractivity contribution in [2.45, 2.75) is 20.8 Å². The van der Waals surface area contributed by atoms with E-state index in [2.05, 4.69) is 20.0 Å². The van der Waals surface area contributed by atoms with Crippen LogP contribution in [0.1, 0.15) is 18.1 Å². The van der Waals surface area contributed by atoms with E-state index in [-0.39, 0.29) is 124 Å². The molecule has 3 aliphatic heterocycles. The number of nitrogens with zero attached hydrogens (tertiary/aromatic N) is 14. The molecule has 16 rings (SSSR count). The summed E-state index contributed by atoms with van der Waals surface area (Å²) in [5.74, 6) is 0.140. The molecule has 7 heterocycles. The molecule has 3 aliphatic rings. The number of benzene rings is 9. The van der Waals surface area contributed by atoms with Gasteiger partial charge in [-0.15, -0.1) is 0 Å². The number of hydrogen-bond donors (Lipinski definition) is 1. The maximum absolute atomic E-state index is 13.3. The van der Waals surface area contributed by atoms with Gasteiger partial charge in [0.2, 0.25) is 17.2 Å². The Kier molecular flexibility index (Phi) is 20.8. The highest BCUT2D eigenvalue weighted by molar-refractivity contribution is 5.95. The Morgan fingerprint density at radius 3 is 0.944 bits per heavy atom. The highest BCUT2D eigenvalue weighted by Crippen LogP contribution is 2.30. The first-order chi connectivity index (χ1) is 51.6. The Balaban J connectivity index is 0.000000127. The number of hydrogen-bond acceptors (Lipinski definition) is 19. The van der Waals surface area contributed by atoms with Crippen molar-refractivity contribution in [2.24, 2.45) is 0 Å². The average Bonchev–Trinajstić information content (AvgIpc) is 0.739. The molecule has 0 bridgehead atoms. The lowest BCUT2D eigenvalue weighted by Gasteiger charge is -2.31. The SMILES string of the molecule is CCNC(=O)COc1cccc2c1[n+]([O-])c1ccccc1[n+]2[O-].CN1CCN(C(=O)Oc2cccc3c2[n+]([O-])c2cc4ccccc4cc2[n+]3[O-])CC1.CN1CCN(C(=O)Oc2cccc3c2[n+]([O-])c2ccccc2[n+]3[O-])CC1.Cc1cc2c(cc1C)[n+]([O-])c1c(OC(=O)N3CCN(C)CC3)cccc1[n+]2[O-]. The van der Waals surface area contributed by atoms with Crippen molar-refractivity contribution in [3.63, 3.8) is 0 Å². The maximum Gasteiger partial charge on any atom is 0.415 e. The molecule has 31 nitrogen and oxygen atoms in total. The predicted molar refractivity (Wildman–Crippen MR) is 394 cm³/mol. The minimum absolute atomic E-state index is 0.0396. The smallest absolute Gasteiger partial charge is 0.415 e. The second-order valence-electron chi connectivity index (χ2n) is 26.2. The first kappa shape index (κ1) is 72.4. The molecule has 3 saturated heterocycles. The van der Waals surface area contributed by atoms with E-state index >= 15 is 0 Å². The summed E-state index contributed by atoms with van der Waals surface area (Å²) >= 11 is 0. The van der Waals surface area contributed by atoms with Gasteiger partial charge in [0, 0.05) is 158 Å². The fraction of sp³-hybridized carbons (Fsp3) is 0.263. The fourth-order valence-electron chi connectivity index (χ4n) is 13.0. The number of aromatic nitrogens is 8. The van der Waals surface area contributed by atoms with Crippen LogP contribution in [0.25, 0.3) is 99.0 Å². The van der Waals surface area contributed by atoms with Gasteiger partial charge in [0.15, 0.2) is 12.4 Å². The van der Waals surface area contributed by atoms with E-state index < -0.39 is 18.3 Å². The van der Waals surface area contributed by atoms with Gasteiger partial charge in [-0.25, -0.2) is 14.4 Å². The van der Waals surface area contributed by atoms with Crippen LogP contribution in [0, 0.1) is 55.5 Å². The molecule has 107 heavy (non-hydrogen) atoms. The molecule has 0 unspecified atom stereocenters. The summed E-state index contributed by atoms with van der Waals surface area (Å²) in [6.07, 6.45) is -1.55. The Labute approximate surface area is 610 Å². The molecule has 9 aromatic carbocycles. The van der Waals surface area contributed by atoms with Crippen molar-refractivity contribution >= 4 is 123 Å². The monoisotopic (exact) mass is 1450 g/mol. The van der Waals surface area contributed by atoms with E-state index in [1.54, 1.807) is 143 Å². The van der Waals surface area contributed by atoms with Crippen LogP contribution in [0.15, 0.2) is 170 Å². The highest BCUT2D eigenvalue weighted by atomic mass is 16.6. The normalized spacial score (nSPS) is 14.4. The number of carbonyl (C=O) groups is 4. The maximum atomic E-state index is 13.3. The lowest BCUT2D eigenvalue weighted by molar-refractivity contribution is -0.591. The van der Waals surface area contributed by atoms with Crippen LogP contribution in [0.2, 0.25) is 0 Å². The van der Waals surface area contributed by atoms with Gasteiger partial charge in [-0.2, -0.15) is 37.8 Å². The van der Waals surface area contributed by atoms with Gasteiger partial charge in [-0.1, -0.05) is 72.8 Å². The van der Waals surface area contributed by atoms with E-state index in [0.717, 1.165) is 70.6 Å². The van der Waals surface area contributed by atoms with Crippen molar-refractivity contribution in [1.29, 1.82) is 0 Å². The van der Waals surface area contributed by atoms with Crippen LogP contribution in [-0.2, 0) is 4.79 Å². The van der Waals surface area contributed by atoms with Crippen LogP contribution < -0.4 is 62.1 Å². The molecule has 4 amide bonds. The lowest BCUT2D eigenvalue weighted by Crippen LogP contribution is -2.48. The summed E-state index contributed by atoms with van der Waals surface area (Å²) in [6, 6.07) is 46.1. The van der Waals surface area contributed by atoms with Crippen molar-refractivity contribution < 1.29 is 76.0 Å². The molecule has 1 N–H and O–H groups in total. The number of likely N-dealkylation sites (N-methyl/N-ethyl adjacent to an activating group) is 4. The van der Waals surface area contributed by atoms with Gasteiger partial charge >= 0.3 is 40.3 Å². The number of amides is 4. The van der Waals surface area contributed by atoms with Crippen LogP contribution in [0.3, 0.4) is 0 Å². The van der Waals surface area contributed by atoms with Gasteiger partial charge < -0.3 is 95.3 Å². The molecule has 0 atom stereocenters. The Hall–Kier alpha value is -13.0. The number of rotatable bonds is 7. The van der Waals surface area contributed by atoms with Crippen molar-refractivity contribution in [2.75, 3.05) is 113 Å². The second kappa shape index (κ2) is 30.7. The number of para-hydroxylation sites is 8. The third-order valence-electron chi connectivity index (χ3n) is 19.2. The van der Waals surface area contributed by atoms with E-state index in [1.165, 1.54) is 24.3 Å². The molecule has 3 fully saturated rings. The molecular weight excluding hydrogens is 1380 g/mol. The van der Waals surface area contributed by atoms with Crippen LogP contribution in [0.5, 0.6) is 23.0 Å². The number of aryl methyl sites for hydroxylation is 2. The fourth-order valence-corrected chi connectivity index (χ4v) is 13.0. The molecule has 13 aromatic rings. The Morgan fingerprint density at radius 2 is 0.598 bits per heavy atom. The minimum atomic E-state index is -0.522. The van der Waals surface area contributed by atoms with Gasteiger partial charge in [0.05, 0.1) is 0 Å². The largest absolute Gasteiger partial charge is 0.617 e. The third kappa shape index (κ3) is 14.6. The van der Waals surface area contributed by atoms with Gasteiger partial charge in [0.1, 0.15) is 0 Å². The second-order valence-corrected chi connectivity index (χ2v) is 26.2. The average molecular weight is 1450 g/mol. The van der Waals surface area contributed by atoms with Crippen LogP contribution in [-0.4, -0.2) is 166 Å². The van der Waals surface area contributed by atoms with Crippen LogP contribution >= 0.6 is 0 Å². The predicted octanol–water partition coefficient (Wildman–Crippen LogP) is 5.56. The summed E-state index contributed by atoms with van der Waals surface area (Å²) < 4.78 is 27.5. The molecule has 31 heteroatoms. The Bertz CT molecular complexity index is 5660. The number of piperazine rings is 3. The Morgan fingerprint density at radius 1 is 0.336 bits per heavy atom. The summed E-state index contributed by atoms with van der Waals surface area (Å²) in [4.78, 5) is 60.4. The number of ether oxygens (including phenoxy) is 4. The number of carbonyl (C=O) groups excluding carboxylic acids is 4. The molecule has 0 radical (unpaired) electrons. The zero-order chi connectivity index (χ0) is 75.5. The zero-order valence-corrected chi connectivity index (χ0v) is 59.4. The minimum Gasteiger partial charge on any atom is -0.617 e. The topological polar surface area (TPSA) is 352 Å². The summed E-state index contributed by atoms with van der Waals surface area (Å²) in [6.45, 7) is 13.7. The molecule has 0 aliphatic carbocycles. The lowest BCUT2D eigenvalue weighted by atomic mass is 10.1. The number of fused-ring (bicyclic) bond motifs is 9. The van der Waals surface area contributed by atoms with Crippen molar-refractivity contribution in [1.82, 2.24) is 34.7 Å². The van der Waals surface area contributed by atoms with E-state index in [0.29, 0.717) is 74.2 Å². The summed E-state index contributed by atoms with van der Waals surface area (Å²) in [5.41, 5.74) is 4.73. The van der Waals surface area contributed by atoms with Crippen molar-refractivity contribution in [3.8, 4) is 23.0 Å². The number of nitrogens with one attached hydrogen (secondary N) is 1. The van der Waals surface area contributed by atoms with Gasteiger partial charge in [0.25, 0.3) is 72.1 Å². The zero-order valence-electron chi connectivity index (χ0n) is 59.4. The molecular formula is C76H75N15O16. The van der Waals surface area contributed by atoms with Crippen LogP contribution in [0.4, 0.5) is 14.4 Å². The van der Waals surface area contributed by atoms with E-state index in [9.17, 15) is 60.8 Å². The quantitative estimate of drug-likeness (QED) is 0.116. The van der Waals surface area contributed by atoms with Crippen molar-refractivity contribution in [3.05, 3.63) is 223 Å². The standard InChI is InChI=1S/C22H20N4O4.C20H22N4O4.C18H18N4O4.C16H15N3O4/c1-23-9-11-24(12-10-23)22(27)30-20-8-4-7-17-21(20)26(29)19-14-16-6-3-2-5-15(16)13-18(19)25(17)28;1-13-11-16-17(12-14(13)2)24(27)19-15(23(16)26)5-4-6-18(19)28-20(25)22-9-7-21(3)8-10-22;1-19-9-11-20(12-10-19)18(23)26-16-8-4-7-15-17(16)22(25)14-6-3-2-5-13(14)21(15)24;1-2-17-15(20)10-23-14-9-5-8-13-16(14)19(22)12-7-4-3-6-11(12)18(13)21/h2-8,13-14H,9-12H2,1H3;4-6,11-12H,7-10H2,1-3H3;2-8H,9-12H2,1H3;3-9H,2,10H2,1H3,(H,17,20).